The molecule has 2 N–H and O–H groups in total. The van der Waals surface area contributed by atoms with Crippen molar-refractivity contribution in [1.29, 1.82) is 0 Å². The quantitative estimate of drug-likeness (QED) is 0.320. The highest BCUT2D eigenvalue weighted by Crippen LogP contribution is 2.28. The Morgan fingerprint density at radius 1 is 1.05 bits per heavy atom. The van der Waals surface area contributed by atoms with E-state index < -0.39 is 23.8 Å². The summed E-state index contributed by atoms with van der Waals surface area (Å²) in [7, 11) is 1.62. The number of para-hydroxylation sites is 1. The van der Waals surface area contributed by atoms with Crippen LogP contribution in [0.2, 0.25) is 0 Å². The summed E-state index contributed by atoms with van der Waals surface area (Å²) in [5, 5.41) is 9.89. The lowest BCUT2D eigenvalue weighted by Crippen LogP contribution is -2.42. The number of halogens is 1. The van der Waals surface area contributed by atoms with Crippen LogP contribution in [0.5, 0.6) is 0 Å². The highest BCUT2D eigenvalue weighted by molar-refractivity contribution is 6.20. The summed E-state index contributed by atoms with van der Waals surface area (Å²) in [6.07, 6.45) is 4.12. The number of benzene rings is 2. The molecule has 1 aliphatic rings. The average Bonchev–Trinajstić information content (AvgIpc) is 3.33. The molecule has 5 aromatic rings. The number of aliphatic imine (C=N–C) groups is 1. The molecule has 2 aromatic carbocycles. The summed E-state index contributed by atoms with van der Waals surface area (Å²) in [6.45, 7) is 0.529. The number of amides is 2. The van der Waals surface area contributed by atoms with Crippen molar-refractivity contribution in [2.45, 2.75) is 12.6 Å². The number of hydrogen-bond donors (Lipinski definition) is 2. The maximum atomic E-state index is 14.9. The third kappa shape index (κ3) is 5.06. The van der Waals surface area contributed by atoms with Gasteiger partial charge in [-0.05, 0) is 24.3 Å². The zero-order chi connectivity index (χ0) is 28.3. The number of carbonyl (C=O) groups excluding carboxylic acids is 2. The number of methoxy groups -OCH3 is 1. The summed E-state index contributed by atoms with van der Waals surface area (Å²) in [5.74, 6) is -1.92. The summed E-state index contributed by atoms with van der Waals surface area (Å²) in [6, 6.07) is 18.9. The van der Waals surface area contributed by atoms with E-state index in [9.17, 15) is 14.0 Å². The number of ether oxygens (including phenoxy) is 1. The zero-order valence-electron chi connectivity index (χ0n) is 21.9. The van der Waals surface area contributed by atoms with Gasteiger partial charge in [0.05, 0.1) is 18.0 Å². The predicted molar refractivity (Wildman–Crippen MR) is 150 cm³/mol. The van der Waals surface area contributed by atoms with Gasteiger partial charge in [0.2, 0.25) is 6.17 Å². The number of pyridine rings is 1. The van der Waals surface area contributed by atoms with Crippen LogP contribution in [-0.4, -0.2) is 57.0 Å². The summed E-state index contributed by atoms with van der Waals surface area (Å²) >= 11 is 0. The normalized spacial score (nSPS) is 14.6. The molecule has 1 atom stereocenters. The van der Waals surface area contributed by atoms with Gasteiger partial charge in [-0.3, -0.25) is 14.6 Å². The van der Waals surface area contributed by atoms with Gasteiger partial charge in [0, 0.05) is 54.5 Å². The number of benzodiazepines with no additional fused rings is 1. The van der Waals surface area contributed by atoms with Gasteiger partial charge in [-0.25, -0.2) is 18.9 Å². The molecule has 6 rings (SSSR count). The molecule has 1 aliphatic heterocycles. The molecule has 0 bridgehead atoms. The van der Waals surface area contributed by atoms with Crippen LogP contribution in [0.15, 0.2) is 90.3 Å². The monoisotopic (exact) mass is 549 g/mol. The molecule has 0 radical (unpaired) electrons. The van der Waals surface area contributed by atoms with Crippen molar-refractivity contribution in [2.75, 3.05) is 19.0 Å². The van der Waals surface area contributed by atoms with E-state index in [-0.39, 0.29) is 11.3 Å². The van der Waals surface area contributed by atoms with Gasteiger partial charge in [-0.2, -0.15) is 5.10 Å². The smallest absolute Gasteiger partial charge is 0.269 e. The molecule has 0 spiro atoms. The van der Waals surface area contributed by atoms with Crippen molar-refractivity contribution in [1.82, 2.24) is 24.9 Å². The van der Waals surface area contributed by atoms with E-state index in [0.717, 1.165) is 5.69 Å². The molecule has 3 aromatic heterocycles. The van der Waals surface area contributed by atoms with E-state index in [1.54, 1.807) is 56.0 Å². The van der Waals surface area contributed by atoms with Gasteiger partial charge in [0.15, 0.2) is 5.65 Å². The number of hydrogen-bond acceptors (Lipinski definition) is 7. The number of aromatic nitrogens is 4. The maximum absolute atomic E-state index is 14.9. The third-order valence-electron chi connectivity index (χ3n) is 6.62. The van der Waals surface area contributed by atoms with Gasteiger partial charge in [-0.15, -0.1) is 0 Å². The van der Waals surface area contributed by atoms with Gasteiger partial charge in [-0.1, -0.05) is 42.5 Å². The van der Waals surface area contributed by atoms with Crippen molar-refractivity contribution < 1.29 is 18.7 Å². The van der Waals surface area contributed by atoms with E-state index in [4.69, 9.17) is 4.74 Å². The van der Waals surface area contributed by atoms with Crippen molar-refractivity contribution in [3.05, 3.63) is 114 Å². The molecule has 0 unspecified atom stereocenters. The molecule has 4 heterocycles. The lowest BCUT2D eigenvalue weighted by Gasteiger charge is -2.13. The standard InChI is InChI=1S/C30H24FN7O3/c1-41-16-13-20-12-11-19(17-33-20)25-23(28-32-14-6-15-38(28)37-25)29(39)36-27-30(40)35-26-21(9-5-10-22(26)31)24(34-27)18-7-3-2-4-8-18/h2-12,14-15,17,27H,13,16H2,1H3,(H,35,40)(H,36,39)/t27-/m1/s1. The highest BCUT2D eigenvalue weighted by atomic mass is 19.1. The van der Waals surface area contributed by atoms with Crippen LogP contribution in [0.3, 0.4) is 0 Å². The SMILES string of the molecule is COCCc1ccc(-c2nn3cccnc3c2C(=O)N[C@H]2N=C(c3ccccc3)c3cccc(F)c3NC2=O)cn1. The van der Waals surface area contributed by atoms with E-state index >= 15 is 0 Å². The first kappa shape index (κ1) is 26.0. The number of anilines is 1. The fourth-order valence-electron chi connectivity index (χ4n) is 4.63. The summed E-state index contributed by atoms with van der Waals surface area (Å²) in [5.41, 5.74) is 3.61. The minimum absolute atomic E-state index is 0.00479. The number of carbonyl (C=O) groups is 2. The zero-order valence-corrected chi connectivity index (χ0v) is 21.9. The van der Waals surface area contributed by atoms with E-state index in [2.05, 4.69) is 30.7 Å². The lowest BCUT2D eigenvalue weighted by molar-refractivity contribution is -0.117. The topological polar surface area (TPSA) is 123 Å². The Morgan fingerprint density at radius 3 is 2.68 bits per heavy atom. The first-order valence-corrected chi connectivity index (χ1v) is 12.8. The maximum Gasteiger partial charge on any atom is 0.269 e. The van der Waals surface area contributed by atoms with Gasteiger partial charge < -0.3 is 15.4 Å². The van der Waals surface area contributed by atoms with E-state index in [0.29, 0.717) is 46.8 Å². The molecule has 204 valence electrons. The van der Waals surface area contributed by atoms with Crippen LogP contribution in [0.25, 0.3) is 16.9 Å². The van der Waals surface area contributed by atoms with Crippen molar-refractivity contribution in [3.8, 4) is 11.3 Å². The molecular weight excluding hydrogens is 525 g/mol. The molecule has 11 heteroatoms. The van der Waals surface area contributed by atoms with Crippen molar-refractivity contribution >= 4 is 28.9 Å². The molecule has 2 amide bonds. The largest absolute Gasteiger partial charge is 0.384 e. The Bertz CT molecular complexity index is 1790. The van der Waals surface area contributed by atoms with Crippen LogP contribution in [-0.2, 0) is 16.0 Å². The first-order chi connectivity index (χ1) is 20.0. The third-order valence-corrected chi connectivity index (χ3v) is 6.62. The second-order valence-electron chi connectivity index (χ2n) is 9.26. The summed E-state index contributed by atoms with van der Waals surface area (Å²) in [4.78, 5) is 40.6. The van der Waals surface area contributed by atoms with Crippen LogP contribution >= 0.6 is 0 Å². The molecule has 0 saturated heterocycles. The fourth-order valence-corrected chi connectivity index (χ4v) is 4.63. The molecule has 41 heavy (non-hydrogen) atoms. The van der Waals surface area contributed by atoms with Gasteiger partial charge in [0.25, 0.3) is 11.8 Å². The fraction of sp³-hybridized carbons (Fsp3) is 0.133. The van der Waals surface area contributed by atoms with E-state index in [1.807, 2.05) is 30.3 Å². The number of rotatable bonds is 7. The van der Waals surface area contributed by atoms with Gasteiger partial charge >= 0.3 is 0 Å². The Hall–Kier alpha value is -5.29. The minimum atomic E-state index is -1.37. The highest BCUT2D eigenvalue weighted by Gasteiger charge is 2.31. The number of nitrogens with zero attached hydrogens (tertiary/aromatic N) is 5. The Labute approximate surface area is 233 Å². The van der Waals surface area contributed by atoms with Crippen LogP contribution in [0.1, 0.15) is 27.2 Å². The van der Waals surface area contributed by atoms with Crippen LogP contribution in [0, 0.1) is 5.82 Å². The van der Waals surface area contributed by atoms with Gasteiger partial charge in [0.1, 0.15) is 17.1 Å². The van der Waals surface area contributed by atoms with Crippen molar-refractivity contribution in [2.24, 2.45) is 4.99 Å². The lowest BCUT2D eigenvalue weighted by atomic mass is 10.0. The Kier molecular flexibility index (Phi) is 7.00. The molecule has 10 nitrogen and oxygen atoms in total. The molecule has 0 aliphatic carbocycles. The number of nitrogens with one attached hydrogen (secondary N) is 2. The minimum Gasteiger partial charge on any atom is -0.384 e. The average molecular weight is 550 g/mol. The molecule has 0 fully saturated rings. The molecule has 0 saturated carbocycles. The summed E-state index contributed by atoms with van der Waals surface area (Å²) < 4.78 is 21.5. The van der Waals surface area contributed by atoms with Crippen molar-refractivity contribution in [3.63, 3.8) is 0 Å². The predicted octanol–water partition coefficient (Wildman–Crippen LogP) is 3.66. The Balaban J connectivity index is 1.40. The van der Waals surface area contributed by atoms with Crippen LogP contribution in [0.4, 0.5) is 10.1 Å². The molecular formula is C30H24FN7O3. The first-order valence-electron chi connectivity index (χ1n) is 12.8. The van der Waals surface area contributed by atoms with Crippen LogP contribution < -0.4 is 10.6 Å². The Morgan fingerprint density at radius 2 is 1.90 bits per heavy atom. The number of fused-ring (bicyclic) bond motifs is 2. The van der Waals surface area contributed by atoms with E-state index in [1.165, 1.54) is 10.6 Å². The second kappa shape index (κ2) is 11.1. The second-order valence-corrected chi connectivity index (χ2v) is 9.26.